The monoisotopic (exact) mass is 277 g/mol. The topological polar surface area (TPSA) is 30.5 Å². The van der Waals surface area contributed by atoms with Gasteiger partial charge in [0.2, 0.25) is 0 Å². The third-order valence-corrected chi connectivity index (χ3v) is 2.96. The van der Waals surface area contributed by atoms with Crippen molar-refractivity contribution < 1.29 is 9.47 Å². The minimum absolute atomic E-state index is 0.644. The van der Waals surface area contributed by atoms with E-state index in [4.69, 9.17) is 9.47 Å². The Labute approximate surface area is 123 Å². The first-order valence-electron chi connectivity index (χ1n) is 7.56. The fourth-order valence-corrected chi connectivity index (χ4v) is 1.98. The van der Waals surface area contributed by atoms with Crippen LogP contribution in [0.3, 0.4) is 0 Å². The molecule has 0 unspecified atom stereocenters. The van der Waals surface area contributed by atoms with E-state index in [0.29, 0.717) is 13.2 Å². The Morgan fingerprint density at radius 3 is 2.50 bits per heavy atom. The molecule has 1 rings (SSSR count). The Hall–Kier alpha value is -1.64. The van der Waals surface area contributed by atoms with Gasteiger partial charge in [0, 0.05) is 18.3 Å². The smallest absolute Gasteiger partial charge is 0.163 e. The summed E-state index contributed by atoms with van der Waals surface area (Å²) in [5, 5.41) is 3.43. The van der Waals surface area contributed by atoms with E-state index < -0.39 is 0 Å². The summed E-state index contributed by atoms with van der Waals surface area (Å²) < 4.78 is 11.2. The number of ether oxygens (including phenoxy) is 2. The maximum atomic E-state index is 5.61. The van der Waals surface area contributed by atoms with E-state index in [2.05, 4.69) is 11.9 Å². The summed E-state index contributed by atoms with van der Waals surface area (Å²) in [6.45, 7) is 9.97. The van der Waals surface area contributed by atoms with Gasteiger partial charge in [-0.15, -0.1) is 6.58 Å². The molecule has 0 bridgehead atoms. The highest BCUT2D eigenvalue weighted by atomic mass is 16.5. The number of nitrogens with one attached hydrogen (secondary N) is 1. The molecule has 112 valence electrons. The van der Waals surface area contributed by atoms with Crippen LogP contribution in [0.5, 0.6) is 11.5 Å². The minimum atomic E-state index is 0.644. The highest BCUT2D eigenvalue weighted by Gasteiger charge is 2.05. The van der Waals surface area contributed by atoms with Crippen molar-refractivity contribution in [2.75, 3.05) is 25.1 Å². The first kappa shape index (κ1) is 16.4. The van der Waals surface area contributed by atoms with Gasteiger partial charge in [-0.3, -0.25) is 0 Å². The predicted octanol–water partition coefficient (Wildman–Crippen LogP) is 4.64. The summed E-state index contributed by atoms with van der Waals surface area (Å²) >= 11 is 0. The molecule has 0 saturated carbocycles. The lowest BCUT2D eigenvalue weighted by molar-refractivity contribution is 0.288. The Balaban J connectivity index is 2.45. The molecule has 0 atom stereocenters. The third-order valence-electron chi connectivity index (χ3n) is 2.96. The number of unbranched alkanes of at least 4 members (excludes halogenated alkanes) is 3. The van der Waals surface area contributed by atoms with Crippen molar-refractivity contribution in [3.63, 3.8) is 0 Å². The van der Waals surface area contributed by atoms with E-state index in [1.54, 1.807) is 0 Å². The summed E-state index contributed by atoms with van der Waals surface area (Å²) in [6, 6.07) is 6.02. The second-order valence-corrected chi connectivity index (χ2v) is 4.59. The van der Waals surface area contributed by atoms with Gasteiger partial charge >= 0.3 is 0 Å². The van der Waals surface area contributed by atoms with Gasteiger partial charge in [-0.25, -0.2) is 0 Å². The fourth-order valence-electron chi connectivity index (χ4n) is 1.98. The summed E-state index contributed by atoms with van der Waals surface area (Å²) in [5.74, 6) is 1.62. The lowest BCUT2D eigenvalue weighted by Crippen LogP contribution is -2.03. The maximum Gasteiger partial charge on any atom is 0.163 e. The normalized spacial score (nSPS) is 10.1. The zero-order valence-electron chi connectivity index (χ0n) is 12.8. The summed E-state index contributed by atoms with van der Waals surface area (Å²) in [5.41, 5.74) is 1.08. The molecule has 0 aliphatic heterocycles. The molecule has 3 heteroatoms. The molecular formula is C17H27NO2. The van der Waals surface area contributed by atoms with E-state index in [1.165, 1.54) is 19.3 Å². The van der Waals surface area contributed by atoms with Crippen LogP contribution in [-0.2, 0) is 0 Å². The molecular weight excluding hydrogens is 250 g/mol. The summed E-state index contributed by atoms with van der Waals surface area (Å²) in [4.78, 5) is 0. The highest BCUT2D eigenvalue weighted by molar-refractivity contribution is 5.54. The van der Waals surface area contributed by atoms with Gasteiger partial charge < -0.3 is 14.8 Å². The van der Waals surface area contributed by atoms with Crippen LogP contribution in [0.4, 0.5) is 5.69 Å². The van der Waals surface area contributed by atoms with Crippen LogP contribution in [0, 0.1) is 0 Å². The maximum absolute atomic E-state index is 5.61. The SMILES string of the molecule is C=CCCCCCNc1ccc(OCC)c(OCC)c1. The highest BCUT2D eigenvalue weighted by Crippen LogP contribution is 2.30. The Kier molecular flexibility index (Phi) is 8.36. The summed E-state index contributed by atoms with van der Waals surface area (Å²) in [6.07, 6.45) is 6.71. The van der Waals surface area contributed by atoms with E-state index >= 15 is 0 Å². The van der Waals surface area contributed by atoms with Crippen LogP contribution < -0.4 is 14.8 Å². The number of hydrogen-bond acceptors (Lipinski definition) is 3. The average molecular weight is 277 g/mol. The van der Waals surface area contributed by atoms with Crippen LogP contribution in [0.15, 0.2) is 30.9 Å². The van der Waals surface area contributed by atoms with Gasteiger partial charge in [0.25, 0.3) is 0 Å². The number of rotatable bonds is 11. The zero-order chi connectivity index (χ0) is 14.6. The van der Waals surface area contributed by atoms with Gasteiger partial charge in [-0.05, 0) is 45.2 Å². The molecule has 0 saturated heterocycles. The van der Waals surface area contributed by atoms with Crippen molar-refractivity contribution in [2.45, 2.75) is 39.5 Å². The second-order valence-electron chi connectivity index (χ2n) is 4.59. The standard InChI is InChI=1S/C17H27NO2/c1-4-7-8-9-10-13-18-15-11-12-16(19-5-2)17(14-15)20-6-3/h4,11-12,14,18H,1,5-10,13H2,2-3H3. The molecule has 0 fully saturated rings. The average Bonchev–Trinajstić information content (AvgIpc) is 2.46. The van der Waals surface area contributed by atoms with Crippen LogP contribution in [0.2, 0.25) is 0 Å². The van der Waals surface area contributed by atoms with Crippen molar-refractivity contribution in [1.29, 1.82) is 0 Å². The van der Waals surface area contributed by atoms with Crippen LogP contribution >= 0.6 is 0 Å². The first-order chi connectivity index (χ1) is 9.81. The Morgan fingerprint density at radius 2 is 1.80 bits per heavy atom. The molecule has 3 nitrogen and oxygen atoms in total. The zero-order valence-corrected chi connectivity index (χ0v) is 12.8. The molecule has 1 aromatic rings. The van der Waals surface area contributed by atoms with Gasteiger partial charge in [-0.1, -0.05) is 12.5 Å². The minimum Gasteiger partial charge on any atom is -0.490 e. The molecule has 0 radical (unpaired) electrons. The molecule has 1 N–H and O–H groups in total. The fraction of sp³-hybridized carbons (Fsp3) is 0.529. The molecule has 1 aromatic carbocycles. The number of allylic oxidation sites excluding steroid dienone is 1. The van der Waals surface area contributed by atoms with Crippen LogP contribution in [0.25, 0.3) is 0 Å². The molecule has 0 heterocycles. The lowest BCUT2D eigenvalue weighted by atomic mass is 10.2. The van der Waals surface area contributed by atoms with Gasteiger partial charge in [0.1, 0.15) is 0 Å². The van der Waals surface area contributed by atoms with E-state index in [9.17, 15) is 0 Å². The second kappa shape index (κ2) is 10.2. The largest absolute Gasteiger partial charge is 0.490 e. The van der Waals surface area contributed by atoms with Crippen LogP contribution in [-0.4, -0.2) is 19.8 Å². The molecule has 0 aromatic heterocycles. The molecule has 0 aliphatic rings. The summed E-state index contributed by atoms with van der Waals surface area (Å²) in [7, 11) is 0. The molecule has 20 heavy (non-hydrogen) atoms. The number of hydrogen-bond donors (Lipinski definition) is 1. The third kappa shape index (κ3) is 6.00. The van der Waals surface area contributed by atoms with Gasteiger partial charge in [0.15, 0.2) is 11.5 Å². The van der Waals surface area contributed by atoms with Crippen molar-refractivity contribution in [3.05, 3.63) is 30.9 Å². The Bertz CT molecular complexity index is 391. The first-order valence-corrected chi connectivity index (χ1v) is 7.56. The van der Waals surface area contributed by atoms with E-state index in [0.717, 1.165) is 30.2 Å². The number of anilines is 1. The molecule has 0 spiro atoms. The van der Waals surface area contributed by atoms with Gasteiger partial charge in [0.05, 0.1) is 13.2 Å². The van der Waals surface area contributed by atoms with E-state index in [-0.39, 0.29) is 0 Å². The van der Waals surface area contributed by atoms with Gasteiger partial charge in [-0.2, -0.15) is 0 Å². The lowest BCUT2D eigenvalue weighted by Gasteiger charge is -2.13. The van der Waals surface area contributed by atoms with Crippen molar-refractivity contribution >= 4 is 5.69 Å². The van der Waals surface area contributed by atoms with Crippen molar-refractivity contribution in [1.82, 2.24) is 0 Å². The number of benzene rings is 1. The van der Waals surface area contributed by atoms with Crippen LogP contribution in [0.1, 0.15) is 39.5 Å². The molecule has 0 aliphatic carbocycles. The Morgan fingerprint density at radius 1 is 1.05 bits per heavy atom. The van der Waals surface area contributed by atoms with Crippen molar-refractivity contribution in [3.8, 4) is 11.5 Å². The quantitative estimate of drug-likeness (QED) is 0.472. The van der Waals surface area contributed by atoms with E-state index in [1.807, 2.05) is 38.1 Å². The predicted molar refractivity (Wildman–Crippen MR) is 85.9 cm³/mol. The van der Waals surface area contributed by atoms with Crippen molar-refractivity contribution in [2.24, 2.45) is 0 Å². The molecule has 0 amide bonds.